The Morgan fingerprint density at radius 2 is 1.90 bits per heavy atom. The van der Waals surface area contributed by atoms with Crippen LogP contribution in [0.5, 0.6) is 5.75 Å². The van der Waals surface area contributed by atoms with Crippen LogP contribution in [0.15, 0.2) is 27.4 Å². The van der Waals surface area contributed by atoms with E-state index in [1.165, 1.54) is 0 Å². The van der Waals surface area contributed by atoms with Crippen molar-refractivity contribution in [2.24, 2.45) is 5.41 Å². The maximum Gasteiger partial charge on any atom is 0.339 e. The topological polar surface area (TPSA) is 71.8 Å². The summed E-state index contributed by atoms with van der Waals surface area (Å²) in [5.41, 5.74) is 2.54. The number of hydrogen-bond acceptors (Lipinski definition) is 5. The molecular formula is C24H31ClN2O4. The number of aryl methyl sites for hydroxylation is 1. The van der Waals surface area contributed by atoms with E-state index in [0.717, 1.165) is 87.6 Å². The van der Waals surface area contributed by atoms with Gasteiger partial charge in [-0.25, -0.2) is 4.79 Å². The molecule has 2 fully saturated rings. The first-order valence-electron chi connectivity index (χ1n) is 11.3. The summed E-state index contributed by atoms with van der Waals surface area (Å²) in [6.07, 6.45) is 6.65. The Balaban J connectivity index is 0.00000231. The van der Waals surface area contributed by atoms with E-state index < -0.39 is 6.10 Å². The molecule has 2 aromatic rings. The molecule has 5 rings (SSSR count). The van der Waals surface area contributed by atoms with E-state index in [9.17, 15) is 9.59 Å². The summed E-state index contributed by atoms with van der Waals surface area (Å²) in [6, 6.07) is 5.61. The molecule has 6 nitrogen and oxygen atoms in total. The molecule has 0 saturated carbocycles. The Morgan fingerprint density at radius 1 is 1.16 bits per heavy atom. The van der Waals surface area contributed by atoms with E-state index in [4.69, 9.17) is 9.15 Å². The van der Waals surface area contributed by atoms with Gasteiger partial charge in [-0.05, 0) is 88.1 Å². The molecule has 168 valence electrons. The Morgan fingerprint density at radius 3 is 2.68 bits per heavy atom. The Kier molecular flexibility index (Phi) is 6.31. The number of halogens is 1. The predicted octanol–water partition coefficient (Wildman–Crippen LogP) is 3.46. The van der Waals surface area contributed by atoms with Gasteiger partial charge in [-0.3, -0.25) is 4.79 Å². The maximum absolute atomic E-state index is 13.0. The Labute approximate surface area is 188 Å². The molecule has 1 amide bonds. The van der Waals surface area contributed by atoms with Gasteiger partial charge in [0, 0.05) is 30.1 Å². The summed E-state index contributed by atoms with van der Waals surface area (Å²) in [5.74, 6) is 0.607. The number of rotatable bonds is 3. The van der Waals surface area contributed by atoms with Crippen LogP contribution < -0.4 is 15.7 Å². The van der Waals surface area contributed by atoms with Crippen molar-refractivity contribution in [3.05, 3.63) is 39.7 Å². The number of piperidine rings is 1. The Bertz CT molecular complexity index is 1030. The molecule has 3 aliphatic rings. The number of likely N-dealkylation sites (tertiary alicyclic amines) is 1. The van der Waals surface area contributed by atoms with Gasteiger partial charge in [0.15, 0.2) is 6.10 Å². The number of benzene rings is 1. The smallest absolute Gasteiger partial charge is 0.339 e. The third-order valence-corrected chi connectivity index (χ3v) is 7.27. The fourth-order valence-corrected chi connectivity index (χ4v) is 5.50. The van der Waals surface area contributed by atoms with Gasteiger partial charge < -0.3 is 19.4 Å². The number of ether oxygens (including phenoxy) is 1. The molecule has 31 heavy (non-hydrogen) atoms. The highest BCUT2D eigenvalue weighted by Crippen LogP contribution is 2.39. The largest absolute Gasteiger partial charge is 0.481 e. The number of fused-ring (bicyclic) bond motifs is 3. The van der Waals surface area contributed by atoms with Gasteiger partial charge in [-0.2, -0.15) is 0 Å². The van der Waals surface area contributed by atoms with Crippen molar-refractivity contribution in [1.29, 1.82) is 0 Å². The van der Waals surface area contributed by atoms with Crippen LogP contribution in [0.2, 0.25) is 0 Å². The summed E-state index contributed by atoms with van der Waals surface area (Å²) in [7, 11) is 0. The average molecular weight is 447 g/mol. The zero-order valence-corrected chi connectivity index (χ0v) is 18.9. The van der Waals surface area contributed by atoms with Gasteiger partial charge >= 0.3 is 5.63 Å². The summed E-state index contributed by atoms with van der Waals surface area (Å²) in [4.78, 5) is 27.3. The van der Waals surface area contributed by atoms with Crippen molar-refractivity contribution >= 4 is 29.3 Å². The van der Waals surface area contributed by atoms with E-state index in [2.05, 4.69) is 5.32 Å². The molecule has 1 unspecified atom stereocenters. The molecule has 0 radical (unpaired) electrons. The highest BCUT2D eigenvalue weighted by Gasteiger charge is 2.41. The lowest BCUT2D eigenvalue weighted by Gasteiger charge is -2.34. The van der Waals surface area contributed by atoms with Crippen LogP contribution in [-0.2, 0) is 17.6 Å². The molecule has 3 heterocycles. The van der Waals surface area contributed by atoms with Crippen molar-refractivity contribution in [3.63, 3.8) is 0 Å². The van der Waals surface area contributed by atoms with E-state index in [-0.39, 0.29) is 29.4 Å². The highest BCUT2D eigenvalue weighted by molar-refractivity contribution is 5.85. The predicted molar refractivity (Wildman–Crippen MR) is 122 cm³/mol. The number of nitrogens with one attached hydrogen (secondary N) is 1. The van der Waals surface area contributed by atoms with Crippen LogP contribution in [0.1, 0.15) is 50.2 Å². The SMILES string of the molecule is CC(Oc1ccc2c3c(c(=O)oc2c1)CCCC3)C(=O)N1CCC2(CCNCC2)C1.Cl. The second kappa shape index (κ2) is 8.83. The van der Waals surface area contributed by atoms with Crippen molar-refractivity contribution < 1.29 is 13.9 Å². The lowest BCUT2D eigenvalue weighted by atomic mass is 9.78. The minimum atomic E-state index is -0.566. The zero-order chi connectivity index (χ0) is 20.7. The molecule has 1 N–H and O–H groups in total. The molecule has 0 bridgehead atoms. The van der Waals surface area contributed by atoms with Crippen LogP contribution in [0.3, 0.4) is 0 Å². The second-order valence-electron chi connectivity index (χ2n) is 9.23. The lowest BCUT2D eigenvalue weighted by Crippen LogP contribution is -2.43. The molecule has 1 aromatic heterocycles. The van der Waals surface area contributed by atoms with Crippen LogP contribution in [0.4, 0.5) is 0 Å². The normalized spacial score (nSPS) is 20.9. The monoisotopic (exact) mass is 446 g/mol. The summed E-state index contributed by atoms with van der Waals surface area (Å²) >= 11 is 0. The quantitative estimate of drug-likeness (QED) is 0.731. The summed E-state index contributed by atoms with van der Waals surface area (Å²) < 4.78 is 11.6. The van der Waals surface area contributed by atoms with Crippen molar-refractivity contribution in [2.45, 2.75) is 58.0 Å². The van der Waals surface area contributed by atoms with E-state index in [0.29, 0.717) is 11.3 Å². The van der Waals surface area contributed by atoms with Gasteiger partial charge in [0.05, 0.1) is 0 Å². The number of hydrogen-bond donors (Lipinski definition) is 1. The van der Waals surface area contributed by atoms with Gasteiger partial charge in [-0.15, -0.1) is 12.4 Å². The molecular weight excluding hydrogens is 416 g/mol. The first-order chi connectivity index (χ1) is 14.5. The van der Waals surface area contributed by atoms with Gasteiger partial charge in [0.25, 0.3) is 5.91 Å². The molecule has 1 aliphatic carbocycles. The molecule has 1 atom stereocenters. The minimum Gasteiger partial charge on any atom is -0.481 e. The standard InChI is InChI=1S/C24H30N2O4.ClH/c1-16(22(27)26-13-10-24(15-26)8-11-25-12-9-24)29-17-6-7-19-18-4-2-3-5-20(18)23(28)30-21(19)14-17;/h6-7,14,16,25H,2-5,8-13,15H2,1H3;1H. The Hall–Kier alpha value is -2.05. The van der Waals surface area contributed by atoms with Crippen molar-refractivity contribution in [3.8, 4) is 5.75 Å². The van der Waals surface area contributed by atoms with Gasteiger partial charge in [0.2, 0.25) is 0 Å². The van der Waals surface area contributed by atoms with Crippen LogP contribution >= 0.6 is 12.4 Å². The average Bonchev–Trinajstić information content (AvgIpc) is 3.17. The first kappa shape index (κ1) is 22.2. The van der Waals surface area contributed by atoms with Gasteiger partial charge in [0.1, 0.15) is 11.3 Å². The second-order valence-corrected chi connectivity index (χ2v) is 9.23. The molecule has 1 aromatic carbocycles. The first-order valence-corrected chi connectivity index (χ1v) is 11.3. The van der Waals surface area contributed by atoms with Crippen molar-refractivity contribution in [2.75, 3.05) is 26.2 Å². The van der Waals surface area contributed by atoms with Crippen LogP contribution in [-0.4, -0.2) is 43.1 Å². The number of carbonyl (C=O) groups excluding carboxylic acids is 1. The third kappa shape index (κ3) is 4.20. The van der Waals surface area contributed by atoms with Crippen molar-refractivity contribution in [1.82, 2.24) is 10.2 Å². The lowest BCUT2D eigenvalue weighted by molar-refractivity contribution is -0.137. The molecule has 2 saturated heterocycles. The fraction of sp³-hybridized carbons (Fsp3) is 0.583. The third-order valence-electron chi connectivity index (χ3n) is 7.27. The number of carbonyl (C=O) groups is 1. The van der Waals surface area contributed by atoms with E-state index >= 15 is 0 Å². The van der Waals surface area contributed by atoms with E-state index in [1.807, 2.05) is 24.0 Å². The number of nitrogens with zero attached hydrogens (tertiary/aromatic N) is 1. The summed E-state index contributed by atoms with van der Waals surface area (Å²) in [6.45, 7) is 5.54. The molecule has 2 aliphatic heterocycles. The van der Waals surface area contributed by atoms with E-state index in [1.54, 1.807) is 6.07 Å². The van der Waals surface area contributed by atoms with Crippen LogP contribution in [0, 0.1) is 5.41 Å². The zero-order valence-electron chi connectivity index (χ0n) is 18.1. The highest BCUT2D eigenvalue weighted by atomic mass is 35.5. The molecule has 7 heteroatoms. The summed E-state index contributed by atoms with van der Waals surface area (Å²) in [5, 5.41) is 4.40. The number of amides is 1. The van der Waals surface area contributed by atoms with Gasteiger partial charge in [-0.1, -0.05) is 0 Å². The maximum atomic E-state index is 13.0. The minimum absolute atomic E-state index is 0. The fourth-order valence-electron chi connectivity index (χ4n) is 5.50. The van der Waals surface area contributed by atoms with Crippen LogP contribution in [0.25, 0.3) is 11.0 Å². The molecule has 1 spiro atoms.